The Bertz CT molecular complexity index is 1780. The predicted molar refractivity (Wildman–Crippen MR) is 198 cm³/mol. The van der Waals surface area contributed by atoms with Gasteiger partial charge in [0.25, 0.3) is 0 Å². The fourth-order valence-electron chi connectivity index (χ4n) is 5.17. The molecule has 14 nitrogen and oxygen atoms in total. The number of rotatable bonds is 9. The number of aromatic nitrogens is 2. The Morgan fingerprint density at radius 1 is 0.847 bits per heavy atom. The van der Waals surface area contributed by atoms with Crippen molar-refractivity contribution in [3.05, 3.63) is 41.0 Å². The average Bonchev–Trinajstić information content (AvgIpc) is 3.57. The van der Waals surface area contributed by atoms with E-state index >= 15 is 0 Å². The standard InChI is InChI=1S/C28H38ClN7OS.3C2HF3O2/c1-35-12-14-36(15-13-35)11-5-10-30-27-31-19-23(29)26(34-27)25-17-21-9-8-20(16-24(21)38-25)18-32-28(37)33-22-6-3-2-4-7-22;3*3-2(4,5)1(6)7/h8-9,16-17,19,22H,2-7,10-15,18H2,1H3,(H,30,31,34)(H2,32,33,37);3*(H,6,7). The van der Waals surface area contributed by atoms with E-state index in [0.717, 1.165) is 84.8 Å². The number of carbonyl (C=O) groups excluding carboxylic acids is 1. The molecule has 3 heterocycles. The van der Waals surface area contributed by atoms with Gasteiger partial charge in [0.2, 0.25) is 5.95 Å². The van der Waals surface area contributed by atoms with Crippen LogP contribution in [0.2, 0.25) is 5.02 Å². The third-order valence-electron chi connectivity index (χ3n) is 8.21. The van der Waals surface area contributed by atoms with Crippen molar-refractivity contribution in [3.63, 3.8) is 0 Å². The van der Waals surface area contributed by atoms with Gasteiger partial charge < -0.3 is 41.1 Å². The van der Waals surface area contributed by atoms with Gasteiger partial charge in [0, 0.05) is 50.0 Å². The van der Waals surface area contributed by atoms with Crippen molar-refractivity contribution in [2.24, 2.45) is 0 Å². The number of anilines is 1. The predicted octanol–water partition coefficient (Wildman–Crippen LogP) is 7.09. The number of alkyl halides is 9. The number of carboxylic acid groups (broad SMARTS) is 3. The van der Waals surface area contributed by atoms with Gasteiger partial charge in [-0.15, -0.1) is 11.3 Å². The summed E-state index contributed by atoms with van der Waals surface area (Å²) in [6.07, 6.45) is -6.69. The molecule has 2 amide bonds. The molecular formula is C34H41ClF9N7O7S. The van der Waals surface area contributed by atoms with E-state index < -0.39 is 36.4 Å². The smallest absolute Gasteiger partial charge is 0.475 e. The van der Waals surface area contributed by atoms with Crippen LogP contribution in [0.25, 0.3) is 20.7 Å². The normalized spacial score (nSPS) is 15.3. The van der Waals surface area contributed by atoms with E-state index in [1.165, 1.54) is 19.3 Å². The second-order valence-electron chi connectivity index (χ2n) is 12.9. The molecule has 1 aliphatic carbocycles. The lowest BCUT2D eigenvalue weighted by Gasteiger charge is -2.32. The highest BCUT2D eigenvalue weighted by Crippen LogP contribution is 2.36. The van der Waals surface area contributed by atoms with Crippen LogP contribution in [-0.2, 0) is 20.9 Å². The molecule has 330 valence electrons. The van der Waals surface area contributed by atoms with Crippen molar-refractivity contribution in [2.75, 3.05) is 51.6 Å². The minimum atomic E-state index is -5.08. The van der Waals surface area contributed by atoms with E-state index in [-0.39, 0.29) is 6.03 Å². The first-order chi connectivity index (χ1) is 27.4. The SMILES string of the molecule is CN1CCN(CCCNc2ncc(Cl)c(-c3cc4ccc(CNC(=O)NC5CCCCC5)cc4s3)n2)CC1.O=C(O)C(F)(F)F.O=C(O)C(F)(F)F.O=C(O)C(F)(F)F. The van der Waals surface area contributed by atoms with Crippen LogP contribution in [-0.4, -0.2) is 130 Å². The Labute approximate surface area is 339 Å². The number of aliphatic carboxylic acids is 3. The van der Waals surface area contributed by atoms with Crippen LogP contribution >= 0.6 is 22.9 Å². The minimum Gasteiger partial charge on any atom is -0.475 e. The van der Waals surface area contributed by atoms with Gasteiger partial charge in [-0.1, -0.05) is 43.0 Å². The van der Waals surface area contributed by atoms with Crippen LogP contribution in [0.1, 0.15) is 44.1 Å². The zero-order chi connectivity index (χ0) is 44.6. The summed E-state index contributed by atoms with van der Waals surface area (Å²) in [4.78, 5) is 54.1. The van der Waals surface area contributed by atoms with Crippen molar-refractivity contribution in [2.45, 2.75) is 69.6 Å². The number of carbonyl (C=O) groups is 4. The average molecular weight is 898 g/mol. The van der Waals surface area contributed by atoms with Crippen LogP contribution in [0, 0.1) is 0 Å². The number of urea groups is 1. The van der Waals surface area contributed by atoms with Crippen molar-refractivity contribution in [1.82, 2.24) is 30.4 Å². The topological polar surface area (TPSA) is 197 Å². The quantitative estimate of drug-likeness (QED) is 0.0944. The van der Waals surface area contributed by atoms with Gasteiger partial charge in [-0.25, -0.2) is 29.1 Å². The lowest BCUT2D eigenvalue weighted by Crippen LogP contribution is -2.44. The second-order valence-corrected chi connectivity index (χ2v) is 14.4. The molecule has 25 heteroatoms. The number of nitrogens with one attached hydrogen (secondary N) is 3. The Kier molecular flexibility index (Phi) is 19.8. The fourth-order valence-corrected chi connectivity index (χ4v) is 6.55. The molecule has 1 saturated carbocycles. The zero-order valence-electron chi connectivity index (χ0n) is 31.1. The van der Waals surface area contributed by atoms with Crippen LogP contribution in [0.3, 0.4) is 0 Å². The number of likely N-dealkylation sites (N-methyl/N-ethyl adjacent to an activating group) is 1. The first kappa shape index (κ1) is 50.5. The van der Waals surface area contributed by atoms with Crippen LogP contribution in [0.4, 0.5) is 50.3 Å². The third-order valence-corrected chi connectivity index (χ3v) is 9.59. The number of carboxylic acids is 3. The number of halogens is 10. The Morgan fingerprint density at radius 3 is 1.92 bits per heavy atom. The summed E-state index contributed by atoms with van der Waals surface area (Å²) in [7, 11) is 2.18. The summed E-state index contributed by atoms with van der Waals surface area (Å²) in [5, 5.41) is 32.5. The Balaban J connectivity index is 0.000000469. The summed E-state index contributed by atoms with van der Waals surface area (Å²) < 4.78 is 96.4. The van der Waals surface area contributed by atoms with Gasteiger partial charge in [-0.05, 0) is 55.9 Å². The van der Waals surface area contributed by atoms with E-state index in [0.29, 0.717) is 23.6 Å². The molecule has 1 aromatic carbocycles. The van der Waals surface area contributed by atoms with E-state index in [1.807, 2.05) is 0 Å². The van der Waals surface area contributed by atoms with E-state index in [1.54, 1.807) is 17.5 Å². The number of piperazine rings is 1. The van der Waals surface area contributed by atoms with E-state index in [9.17, 15) is 44.3 Å². The third kappa shape index (κ3) is 19.3. The lowest BCUT2D eigenvalue weighted by molar-refractivity contribution is -0.193. The summed E-state index contributed by atoms with van der Waals surface area (Å²) in [6.45, 7) is 6.95. The minimum absolute atomic E-state index is 0.0832. The van der Waals surface area contributed by atoms with Gasteiger partial charge >= 0.3 is 42.5 Å². The van der Waals surface area contributed by atoms with Crippen molar-refractivity contribution >= 4 is 62.9 Å². The summed E-state index contributed by atoms with van der Waals surface area (Å²) in [6, 6.07) is 8.64. The Hall–Kier alpha value is -4.68. The molecule has 0 unspecified atom stereocenters. The monoisotopic (exact) mass is 897 g/mol. The second kappa shape index (κ2) is 23.2. The summed E-state index contributed by atoms with van der Waals surface area (Å²) >= 11 is 8.17. The molecule has 1 aliphatic heterocycles. The molecule has 0 bridgehead atoms. The zero-order valence-corrected chi connectivity index (χ0v) is 32.7. The highest BCUT2D eigenvalue weighted by Gasteiger charge is 2.39. The maximum Gasteiger partial charge on any atom is 0.490 e. The molecule has 0 radical (unpaired) electrons. The molecule has 1 saturated heterocycles. The first-order valence-electron chi connectivity index (χ1n) is 17.5. The molecule has 2 aliphatic rings. The summed E-state index contributed by atoms with van der Waals surface area (Å²) in [5.74, 6) is -7.67. The molecule has 59 heavy (non-hydrogen) atoms. The van der Waals surface area contributed by atoms with Crippen LogP contribution in [0.5, 0.6) is 0 Å². The number of benzene rings is 1. The van der Waals surface area contributed by atoms with Gasteiger partial charge in [0.05, 0.1) is 16.1 Å². The maximum atomic E-state index is 12.3. The van der Waals surface area contributed by atoms with Crippen LogP contribution < -0.4 is 16.0 Å². The van der Waals surface area contributed by atoms with Crippen molar-refractivity contribution in [3.8, 4) is 10.6 Å². The Morgan fingerprint density at radius 2 is 1.39 bits per heavy atom. The first-order valence-corrected chi connectivity index (χ1v) is 18.7. The molecule has 5 rings (SSSR count). The lowest BCUT2D eigenvalue weighted by atomic mass is 9.96. The number of hydrogen-bond donors (Lipinski definition) is 6. The molecule has 2 fully saturated rings. The number of hydrogen-bond acceptors (Lipinski definition) is 10. The largest absolute Gasteiger partial charge is 0.490 e. The van der Waals surface area contributed by atoms with Crippen molar-refractivity contribution < 1.29 is 74.0 Å². The number of amides is 2. The molecular weight excluding hydrogens is 857 g/mol. The van der Waals surface area contributed by atoms with E-state index in [4.69, 9.17) is 46.3 Å². The molecule has 0 atom stereocenters. The highest BCUT2D eigenvalue weighted by molar-refractivity contribution is 7.22. The molecule has 6 N–H and O–H groups in total. The van der Waals surface area contributed by atoms with Crippen LogP contribution in [0.15, 0.2) is 30.5 Å². The number of nitrogens with zero attached hydrogens (tertiary/aromatic N) is 4. The van der Waals surface area contributed by atoms with Gasteiger partial charge in [-0.2, -0.15) is 39.5 Å². The van der Waals surface area contributed by atoms with E-state index in [2.05, 4.69) is 62.0 Å². The van der Waals surface area contributed by atoms with Crippen molar-refractivity contribution in [1.29, 1.82) is 0 Å². The fraction of sp³-hybridized carbons (Fsp3) is 0.529. The summed E-state index contributed by atoms with van der Waals surface area (Å²) in [5.41, 5.74) is 1.82. The van der Waals surface area contributed by atoms with Gasteiger partial charge in [0.1, 0.15) is 5.69 Å². The van der Waals surface area contributed by atoms with Gasteiger partial charge in [-0.3, -0.25) is 0 Å². The molecule has 2 aromatic heterocycles. The highest BCUT2D eigenvalue weighted by atomic mass is 35.5. The number of thiophene rings is 1. The van der Waals surface area contributed by atoms with Gasteiger partial charge in [0.15, 0.2) is 0 Å². The number of fused-ring (bicyclic) bond motifs is 1. The molecule has 3 aromatic rings. The molecule has 0 spiro atoms. The maximum absolute atomic E-state index is 12.3.